The zero-order chi connectivity index (χ0) is 15.4. The lowest BCUT2D eigenvalue weighted by molar-refractivity contribution is -0.385. The van der Waals surface area contributed by atoms with E-state index < -0.39 is 4.92 Å². The van der Waals surface area contributed by atoms with Crippen LogP contribution >= 0.6 is 11.6 Å². The van der Waals surface area contributed by atoms with Crippen molar-refractivity contribution in [2.24, 2.45) is 0 Å². The number of nitrogens with zero attached hydrogens (tertiary/aromatic N) is 2. The highest BCUT2D eigenvalue weighted by Crippen LogP contribution is 2.25. The summed E-state index contributed by atoms with van der Waals surface area (Å²) in [6.45, 7) is 2.08. The molecule has 0 aromatic heterocycles. The molecule has 21 heavy (non-hydrogen) atoms. The first-order valence-corrected chi connectivity index (χ1v) is 6.57. The number of nitriles is 1. The Balaban J connectivity index is 2.26. The van der Waals surface area contributed by atoms with Crippen LogP contribution < -0.4 is 5.32 Å². The molecule has 0 spiro atoms. The number of benzene rings is 2. The minimum Gasteiger partial charge on any atom is -0.380 e. The Bertz CT molecular complexity index is 738. The summed E-state index contributed by atoms with van der Waals surface area (Å²) >= 11 is 5.96. The van der Waals surface area contributed by atoms with E-state index in [0.717, 1.165) is 5.56 Å². The van der Waals surface area contributed by atoms with Gasteiger partial charge in [-0.25, -0.2) is 0 Å². The molecule has 6 heteroatoms. The number of hydrogen-bond acceptors (Lipinski definition) is 4. The average molecular weight is 302 g/mol. The molecule has 5 nitrogen and oxygen atoms in total. The van der Waals surface area contributed by atoms with Gasteiger partial charge in [0.2, 0.25) is 0 Å². The van der Waals surface area contributed by atoms with Crippen LogP contribution in [-0.2, 0) is 6.54 Å². The topological polar surface area (TPSA) is 79.0 Å². The van der Waals surface area contributed by atoms with Crippen molar-refractivity contribution in [1.29, 1.82) is 5.26 Å². The zero-order valence-electron chi connectivity index (χ0n) is 11.3. The van der Waals surface area contributed by atoms with Crippen molar-refractivity contribution in [2.75, 3.05) is 5.32 Å². The SMILES string of the molecule is Cc1c(CNc2cccc(Cl)c2C#N)cccc1[N+](=O)[O-]. The van der Waals surface area contributed by atoms with Gasteiger partial charge in [-0.05, 0) is 24.6 Å². The summed E-state index contributed by atoms with van der Waals surface area (Å²) in [5.41, 5.74) is 2.46. The summed E-state index contributed by atoms with van der Waals surface area (Å²) in [6.07, 6.45) is 0. The first kappa shape index (κ1) is 14.8. The zero-order valence-corrected chi connectivity index (χ0v) is 12.0. The molecule has 0 heterocycles. The van der Waals surface area contributed by atoms with Crippen LogP contribution in [0.4, 0.5) is 11.4 Å². The molecule has 0 amide bonds. The second kappa shape index (κ2) is 6.25. The van der Waals surface area contributed by atoms with Crippen LogP contribution in [0.2, 0.25) is 5.02 Å². The Kier molecular flexibility index (Phi) is 4.41. The fourth-order valence-electron chi connectivity index (χ4n) is 2.03. The van der Waals surface area contributed by atoms with Crippen molar-refractivity contribution in [3.63, 3.8) is 0 Å². The molecule has 2 rings (SSSR count). The first-order chi connectivity index (χ1) is 10.0. The van der Waals surface area contributed by atoms with Crippen LogP contribution in [0.3, 0.4) is 0 Å². The molecule has 0 bridgehead atoms. The van der Waals surface area contributed by atoms with Gasteiger partial charge in [0.1, 0.15) is 6.07 Å². The minimum atomic E-state index is -0.404. The monoisotopic (exact) mass is 301 g/mol. The number of hydrogen-bond donors (Lipinski definition) is 1. The van der Waals surface area contributed by atoms with Crippen molar-refractivity contribution in [3.8, 4) is 6.07 Å². The molecule has 106 valence electrons. The highest BCUT2D eigenvalue weighted by molar-refractivity contribution is 6.32. The Hall–Kier alpha value is -2.58. The molecule has 2 aromatic rings. The van der Waals surface area contributed by atoms with Crippen LogP contribution in [0.1, 0.15) is 16.7 Å². The molecule has 0 radical (unpaired) electrons. The third-order valence-corrected chi connectivity index (χ3v) is 3.52. The third kappa shape index (κ3) is 3.12. The van der Waals surface area contributed by atoms with E-state index in [1.165, 1.54) is 6.07 Å². The lowest BCUT2D eigenvalue weighted by Gasteiger charge is -2.11. The fraction of sp³-hybridized carbons (Fsp3) is 0.133. The van der Waals surface area contributed by atoms with E-state index in [0.29, 0.717) is 28.4 Å². The summed E-state index contributed by atoms with van der Waals surface area (Å²) in [6, 6.07) is 12.1. The van der Waals surface area contributed by atoms with Gasteiger partial charge >= 0.3 is 0 Å². The summed E-state index contributed by atoms with van der Waals surface area (Å²) < 4.78 is 0. The molecule has 0 fully saturated rings. The number of halogens is 1. The Morgan fingerprint density at radius 1 is 1.33 bits per heavy atom. The second-order valence-electron chi connectivity index (χ2n) is 4.45. The molecule has 0 saturated carbocycles. The number of rotatable bonds is 4. The smallest absolute Gasteiger partial charge is 0.272 e. The predicted molar refractivity (Wildman–Crippen MR) is 81.3 cm³/mol. The molecular formula is C15H12ClN3O2. The van der Waals surface area contributed by atoms with Crippen LogP contribution in [-0.4, -0.2) is 4.92 Å². The van der Waals surface area contributed by atoms with E-state index in [1.807, 2.05) is 12.1 Å². The van der Waals surface area contributed by atoms with Crippen LogP contribution in [0.25, 0.3) is 0 Å². The molecule has 0 saturated heterocycles. The van der Waals surface area contributed by atoms with Crippen molar-refractivity contribution in [1.82, 2.24) is 0 Å². The summed E-state index contributed by atoms with van der Waals surface area (Å²) in [5.74, 6) is 0. The van der Waals surface area contributed by atoms with Gasteiger partial charge in [0, 0.05) is 18.2 Å². The van der Waals surface area contributed by atoms with Gasteiger partial charge in [0.25, 0.3) is 5.69 Å². The molecule has 0 aliphatic heterocycles. The maximum absolute atomic E-state index is 10.9. The van der Waals surface area contributed by atoms with Gasteiger partial charge in [-0.15, -0.1) is 0 Å². The molecular weight excluding hydrogens is 290 g/mol. The van der Waals surface area contributed by atoms with Crippen LogP contribution in [0.5, 0.6) is 0 Å². The fourth-order valence-corrected chi connectivity index (χ4v) is 2.25. The average Bonchev–Trinajstić information content (AvgIpc) is 2.46. The molecule has 0 aliphatic carbocycles. The number of nitro benzene ring substituents is 1. The Labute approximate surface area is 126 Å². The standard InChI is InChI=1S/C15H12ClN3O2/c1-10-11(4-2-7-15(10)19(20)21)9-18-14-6-3-5-13(16)12(14)8-17/h2-7,18H,9H2,1H3. The van der Waals surface area contributed by atoms with E-state index in [-0.39, 0.29) is 5.69 Å². The minimum absolute atomic E-state index is 0.0842. The quantitative estimate of drug-likeness (QED) is 0.682. The summed E-state index contributed by atoms with van der Waals surface area (Å²) in [7, 11) is 0. The largest absolute Gasteiger partial charge is 0.380 e. The normalized spacial score (nSPS) is 9.95. The van der Waals surface area contributed by atoms with E-state index in [4.69, 9.17) is 16.9 Å². The van der Waals surface area contributed by atoms with Crippen LogP contribution in [0, 0.1) is 28.4 Å². The number of nitrogens with one attached hydrogen (secondary N) is 1. The maximum Gasteiger partial charge on any atom is 0.272 e. The Morgan fingerprint density at radius 3 is 2.71 bits per heavy atom. The highest BCUT2D eigenvalue weighted by atomic mass is 35.5. The first-order valence-electron chi connectivity index (χ1n) is 6.20. The van der Waals surface area contributed by atoms with Crippen molar-refractivity contribution in [3.05, 3.63) is 68.2 Å². The summed E-state index contributed by atoms with van der Waals surface area (Å²) in [4.78, 5) is 10.5. The van der Waals surface area contributed by atoms with Crippen molar-refractivity contribution in [2.45, 2.75) is 13.5 Å². The van der Waals surface area contributed by atoms with Gasteiger partial charge in [0.15, 0.2) is 0 Å². The molecule has 0 unspecified atom stereocenters. The molecule has 0 aliphatic rings. The Morgan fingerprint density at radius 2 is 2.05 bits per heavy atom. The van der Waals surface area contributed by atoms with Crippen molar-refractivity contribution >= 4 is 23.0 Å². The maximum atomic E-state index is 10.9. The second-order valence-corrected chi connectivity index (χ2v) is 4.85. The van der Waals surface area contributed by atoms with E-state index in [1.54, 1.807) is 31.2 Å². The molecule has 0 atom stereocenters. The van der Waals surface area contributed by atoms with Gasteiger partial charge in [-0.2, -0.15) is 5.26 Å². The van der Waals surface area contributed by atoms with Crippen LogP contribution in [0.15, 0.2) is 36.4 Å². The predicted octanol–water partition coefficient (Wildman–Crippen LogP) is 4.04. The third-order valence-electron chi connectivity index (χ3n) is 3.21. The van der Waals surface area contributed by atoms with Crippen molar-refractivity contribution < 1.29 is 4.92 Å². The van der Waals surface area contributed by atoms with E-state index in [2.05, 4.69) is 5.32 Å². The lowest BCUT2D eigenvalue weighted by atomic mass is 10.1. The summed E-state index contributed by atoms with van der Waals surface area (Å²) in [5, 5.41) is 23.5. The van der Waals surface area contributed by atoms with Gasteiger partial charge in [0.05, 0.1) is 21.2 Å². The molecule has 1 N–H and O–H groups in total. The number of nitro groups is 1. The lowest BCUT2D eigenvalue weighted by Crippen LogP contribution is -2.04. The van der Waals surface area contributed by atoms with Gasteiger partial charge in [-0.1, -0.05) is 29.8 Å². The van der Waals surface area contributed by atoms with E-state index >= 15 is 0 Å². The molecule has 2 aromatic carbocycles. The van der Waals surface area contributed by atoms with Gasteiger partial charge in [-0.3, -0.25) is 10.1 Å². The number of anilines is 1. The highest BCUT2D eigenvalue weighted by Gasteiger charge is 2.13. The van der Waals surface area contributed by atoms with E-state index in [9.17, 15) is 10.1 Å². The van der Waals surface area contributed by atoms with Gasteiger partial charge < -0.3 is 5.32 Å².